The topological polar surface area (TPSA) is 88.4 Å². The van der Waals surface area contributed by atoms with E-state index in [-0.39, 0.29) is 22.6 Å². The Morgan fingerprint density at radius 3 is 3.00 bits per heavy atom. The van der Waals surface area contributed by atoms with Crippen molar-refractivity contribution in [1.29, 1.82) is 0 Å². The fourth-order valence-corrected chi connectivity index (χ4v) is 3.39. The highest BCUT2D eigenvalue weighted by Gasteiger charge is 2.24. The zero-order valence-corrected chi connectivity index (χ0v) is 14.5. The summed E-state index contributed by atoms with van der Waals surface area (Å²) >= 11 is 0. The Kier molecular flexibility index (Phi) is 4.83. The number of nitrogens with one attached hydrogen (secondary N) is 1. The van der Waals surface area contributed by atoms with Crippen LogP contribution in [0.4, 0.5) is 11.4 Å². The summed E-state index contributed by atoms with van der Waals surface area (Å²) in [6, 6.07) is 7.12. The van der Waals surface area contributed by atoms with Crippen LogP contribution in [0.5, 0.6) is 0 Å². The Bertz CT molecular complexity index is 821. The van der Waals surface area contributed by atoms with Crippen LogP contribution in [0.15, 0.2) is 24.3 Å². The fourth-order valence-electron chi connectivity index (χ4n) is 3.39. The molecule has 1 aliphatic heterocycles. The largest absolute Gasteiger partial charge is 0.369 e. The second kappa shape index (κ2) is 7.04. The van der Waals surface area contributed by atoms with Crippen LogP contribution in [0.25, 0.3) is 10.9 Å². The maximum Gasteiger partial charge on any atom is 0.295 e. The van der Waals surface area contributed by atoms with Crippen molar-refractivity contribution in [2.24, 2.45) is 0 Å². The van der Waals surface area contributed by atoms with Crippen LogP contribution in [0, 0.1) is 17.0 Å². The molecule has 1 aromatic carbocycles. The highest BCUT2D eigenvalue weighted by atomic mass is 16.6. The number of hydrogen-bond acceptors (Lipinski definition) is 5. The first-order valence-corrected chi connectivity index (χ1v) is 8.58. The molecular formula is C18H22N4O3. The molecule has 1 fully saturated rings. The number of fused-ring (bicyclic) bond motifs is 1. The lowest BCUT2D eigenvalue weighted by atomic mass is 10.0. The van der Waals surface area contributed by atoms with Crippen molar-refractivity contribution in [3.63, 3.8) is 0 Å². The maximum absolute atomic E-state index is 11.7. The summed E-state index contributed by atoms with van der Waals surface area (Å²) in [5.41, 5.74) is 2.13. The second-order valence-corrected chi connectivity index (χ2v) is 6.42. The van der Waals surface area contributed by atoms with E-state index < -0.39 is 0 Å². The van der Waals surface area contributed by atoms with Crippen molar-refractivity contribution in [1.82, 2.24) is 10.3 Å². The van der Waals surface area contributed by atoms with Gasteiger partial charge in [0.2, 0.25) is 5.91 Å². The molecule has 1 saturated heterocycles. The fraction of sp³-hybridized carbons (Fsp3) is 0.444. The van der Waals surface area contributed by atoms with Crippen LogP contribution >= 0.6 is 0 Å². The predicted molar refractivity (Wildman–Crippen MR) is 96.8 cm³/mol. The standard InChI is InChI=1S/C18H22N4O3/c1-3-17(23)20-13-6-5-9-21(11-13)16-10-12(2)19-18-14(16)7-4-8-15(18)22(24)25/h4,7-8,10,13H,3,5-6,9,11H2,1-2H3,(H,20,23). The highest BCUT2D eigenvalue weighted by molar-refractivity contribution is 5.97. The minimum Gasteiger partial charge on any atom is -0.369 e. The number of carbonyl (C=O) groups is 1. The van der Waals surface area contributed by atoms with Gasteiger partial charge in [-0.05, 0) is 25.8 Å². The first-order chi connectivity index (χ1) is 12.0. The molecule has 1 amide bonds. The lowest BCUT2D eigenvalue weighted by molar-refractivity contribution is -0.383. The monoisotopic (exact) mass is 342 g/mol. The zero-order valence-electron chi connectivity index (χ0n) is 14.5. The molecule has 1 atom stereocenters. The molecule has 3 rings (SSSR count). The number of rotatable bonds is 4. The Morgan fingerprint density at radius 2 is 2.28 bits per heavy atom. The summed E-state index contributed by atoms with van der Waals surface area (Å²) in [7, 11) is 0. The van der Waals surface area contributed by atoms with Crippen molar-refractivity contribution in [2.45, 2.75) is 39.2 Å². The molecular weight excluding hydrogens is 320 g/mol. The second-order valence-electron chi connectivity index (χ2n) is 6.42. The number of anilines is 1. The van der Waals surface area contributed by atoms with E-state index in [2.05, 4.69) is 15.2 Å². The molecule has 2 aromatic rings. The van der Waals surface area contributed by atoms with Crippen molar-refractivity contribution in [2.75, 3.05) is 18.0 Å². The summed E-state index contributed by atoms with van der Waals surface area (Å²) in [5.74, 6) is 0.0539. The van der Waals surface area contributed by atoms with Crippen LogP contribution < -0.4 is 10.2 Å². The Labute approximate surface area is 146 Å². The van der Waals surface area contributed by atoms with Crippen LogP contribution in [-0.2, 0) is 4.79 Å². The summed E-state index contributed by atoms with van der Waals surface area (Å²) in [6.07, 6.45) is 2.39. The number of pyridine rings is 1. The van der Waals surface area contributed by atoms with Crippen molar-refractivity contribution >= 4 is 28.2 Å². The Balaban J connectivity index is 1.99. The van der Waals surface area contributed by atoms with Crippen molar-refractivity contribution in [3.05, 3.63) is 40.1 Å². The van der Waals surface area contributed by atoms with Gasteiger partial charge in [0.05, 0.1) is 4.92 Å². The van der Waals surface area contributed by atoms with Gasteiger partial charge in [-0.25, -0.2) is 4.98 Å². The Hall–Kier alpha value is -2.70. The number of hydrogen-bond donors (Lipinski definition) is 1. The third-order valence-corrected chi connectivity index (χ3v) is 4.57. The lowest BCUT2D eigenvalue weighted by Crippen LogP contribution is -2.47. The minimum absolute atomic E-state index is 0.0234. The van der Waals surface area contributed by atoms with E-state index in [0.717, 1.165) is 36.2 Å². The van der Waals surface area contributed by atoms with E-state index in [1.807, 2.05) is 26.0 Å². The molecule has 132 valence electrons. The summed E-state index contributed by atoms with van der Waals surface area (Å²) in [5, 5.41) is 15.2. The quantitative estimate of drug-likeness (QED) is 0.682. The molecule has 2 heterocycles. The lowest BCUT2D eigenvalue weighted by Gasteiger charge is -2.35. The van der Waals surface area contributed by atoms with Gasteiger partial charge in [-0.2, -0.15) is 0 Å². The normalized spacial score (nSPS) is 17.5. The van der Waals surface area contributed by atoms with E-state index in [9.17, 15) is 14.9 Å². The number of nitro benzene ring substituents is 1. The molecule has 1 aliphatic rings. The van der Waals surface area contributed by atoms with Gasteiger partial charge in [-0.1, -0.05) is 19.1 Å². The van der Waals surface area contributed by atoms with Crippen molar-refractivity contribution in [3.8, 4) is 0 Å². The van der Waals surface area contributed by atoms with Gasteiger partial charge in [0, 0.05) is 48.4 Å². The van der Waals surface area contributed by atoms with E-state index in [4.69, 9.17) is 0 Å². The number of aromatic nitrogens is 1. The average Bonchev–Trinajstić information content (AvgIpc) is 2.60. The molecule has 0 radical (unpaired) electrons. The number of non-ortho nitro benzene ring substituents is 1. The number of carbonyl (C=O) groups excluding carboxylic acids is 1. The first kappa shape index (κ1) is 17.1. The number of benzene rings is 1. The molecule has 1 N–H and O–H groups in total. The van der Waals surface area contributed by atoms with Crippen LogP contribution in [0.1, 0.15) is 31.9 Å². The summed E-state index contributed by atoms with van der Waals surface area (Å²) in [4.78, 5) is 29.2. The molecule has 25 heavy (non-hydrogen) atoms. The van der Waals surface area contributed by atoms with Gasteiger partial charge in [0.25, 0.3) is 5.69 Å². The molecule has 1 unspecified atom stereocenters. The summed E-state index contributed by atoms with van der Waals surface area (Å²) in [6.45, 7) is 5.25. The van der Waals surface area contributed by atoms with Gasteiger partial charge < -0.3 is 10.2 Å². The number of aryl methyl sites for hydroxylation is 1. The number of nitrogens with zero attached hydrogens (tertiary/aromatic N) is 3. The summed E-state index contributed by atoms with van der Waals surface area (Å²) < 4.78 is 0. The molecule has 7 heteroatoms. The molecule has 0 aliphatic carbocycles. The minimum atomic E-state index is -0.390. The molecule has 0 bridgehead atoms. The van der Waals surface area contributed by atoms with E-state index >= 15 is 0 Å². The Morgan fingerprint density at radius 1 is 1.48 bits per heavy atom. The molecule has 1 aromatic heterocycles. The molecule has 7 nitrogen and oxygen atoms in total. The highest BCUT2D eigenvalue weighted by Crippen LogP contribution is 2.33. The van der Waals surface area contributed by atoms with E-state index in [1.54, 1.807) is 6.07 Å². The SMILES string of the molecule is CCC(=O)NC1CCCN(c2cc(C)nc3c([N+](=O)[O-])cccc23)C1. The van der Waals surface area contributed by atoms with Gasteiger partial charge in [0.15, 0.2) is 5.52 Å². The van der Waals surface area contributed by atoms with Gasteiger partial charge in [-0.3, -0.25) is 14.9 Å². The number of para-hydroxylation sites is 1. The van der Waals surface area contributed by atoms with Crippen LogP contribution in [-0.4, -0.2) is 34.9 Å². The molecule has 0 spiro atoms. The van der Waals surface area contributed by atoms with Crippen LogP contribution in [0.3, 0.4) is 0 Å². The van der Waals surface area contributed by atoms with Crippen LogP contribution in [0.2, 0.25) is 0 Å². The average molecular weight is 342 g/mol. The van der Waals surface area contributed by atoms with Gasteiger partial charge in [0.1, 0.15) is 0 Å². The first-order valence-electron chi connectivity index (χ1n) is 8.58. The number of nitro groups is 1. The zero-order chi connectivity index (χ0) is 18.0. The third-order valence-electron chi connectivity index (χ3n) is 4.57. The van der Waals surface area contributed by atoms with Gasteiger partial charge >= 0.3 is 0 Å². The molecule has 0 saturated carbocycles. The van der Waals surface area contributed by atoms with Crippen molar-refractivity contribution < 1.29 is 9.72 Å². The maximum atomic E-state index is 11.7. The van der Waals surface area contributed by atoms with Gasteiger partial charge in [-0.15, -0.1) is 0 Å². The smallest absolute Gasteiger partial charge is 0.295 e. The third kappa shape index (κ3) is 3.55. The number of piperidine rings is 1. The van der Waals surface area contributed by atoms with E-state index in [0.29, 0.717) is 18.5 Å². The predicted octanol–water partition coefficient (Wildman–Crippen LogP) is 2.95. The van der Waals surface area contributed by atoms with E-state index in [1.165, 1.54) is 6.07 Å². The number of amides is 1.